The van der Waals surface area contributed by atoms with Gasteiger partial charge in [-0.2, -0.15) is 0 Å². The van der Waals surface area contributed by atoms with Crippen molar-refractivity contribution in [1.82, 2.24) is 0 Å². The fourth-order valence-corrected chi connectivity index (χ4v) is 2.10. The van der Waals surface area contributed by atoms with E-state index < -0.39 is 0 Å². The molecule has 0 amide bonds. The monoisotopic (exact) mass is 444 g/mol. The van der Waals surface area contributed by atoms with Crippen LogP contribution in [0.3, 0.4) is 0 Å². The molecule has 23 heavy (non-hydrogen) atoms. The van der Waals surface area contributed by atoms with Crippen LogP contribution in [0.15, 0.2) is 54.2 Å². The number of hydrogen-bond donors (Lipinski definition) is 1. The van der Waals surface area contributed by atoms with E-state index in [4.69, 9.17) is 5.21 Å². The zero-order valence-corrected chi connectivity index (χ0v) is 16.5. The van der Waals surface area contributed by atoms with Crippen LogP contribution in [0, 0.1) is 0 Å². The van der Waals surface area contributed by atoms with Gasteiger partial charge in [-0.25, -0.2) is 9.13 Å². The highest BCUT2D eigenvalue weighted by Gasteiger charge is 2.05. The summed E-state index contributed by atoms with van der Waals surface area (Å²) < 4.78 is 4.32. The fraction of sp³-hybridized carbons (Fsp3) is 0.312. The van der Waals surface area contributed by atoms with E-state index in [1.807, 2.05) is 38.6 Å². The van der Waals surface area contributed by atoms with E-state index in [-0.39, 0.29) is 34.0 Å². The minimum Gasteiger partial charge on any atom is -1.00 e. The van der Waals surface area contributed by atoms with Gasteiger partial charge in [0.05, 0.1) is 12.6 Å². The molecule has 0 radical (unpaired) electrons. The van der Waals surface area contributed by atoms with Gasteiger partial charge < -0.3 is 44.1 Å². The Kier molecular flexibility index (Phi) is 10.4. The average molecular weight is 446 g/mol. The molecule has 0 spiro atoms. The Morgan fingerprint density at radius 2 is 1.43 bits per heavy atom. The Morgan fingerprint density at radius 1 is 0.957 bits per heavy atom. The van der Waals surface area contributed by atoms with Crippen molar-refractivity contribution >= 4 is 11.9 Å². The van der Waals surface area contributed by atoms with Crippen molar-refractivity contribution < 1.29 is 48.3 Å². The van der Waals surface area contributed by atoms with Crippen LogP contribution in [0.25, 0.3) is 0 Å². The summed E-state index contributed by atoms with van der Waals surface area (Å²) >= 11 is 0. The maximum atomic E-state index is 8.47. The summed E-state index contributed by atoms with van der Waals surface area (Å²) in [6.45, 7) is 1.94. The number of aromatic nitrogens is 2. The normalized spacial score (nSPS) is 10.0. The third-order valence-corrected chi connectivity index (χ3v) is 3.35. The molecule has 0 bridgehead atoms. The molecule has 2 aromatic heterocycles. The Hall–Kier alpha value is -1.47. The predicted molar refractivity (Wildman–Crippen MR) is 81.6 cm³/mol. The first-order valence-corrected chi connectivity index (χ1v) is 7.02. The van der Waals surface area contributed by atoms with Crippen LogP contribution in [0.2, 0.25) is 0 Å². The van der Waals surface area contributed by atoms with Crippen LogP contribution >= 0.6 is 0 Å². The first-order valence-electron chi connectivity index (χ1n) is 7.02. The molecule has 0 saturated heterocycles. The van der Waals surface area contributed by atoms with E-state index in [0.717, 1.165) is 25.1 Å². The summed E-state index contributed by atoms with van der Waals surface area (Å²) in [6, 6.07) is 8.10. The molecule has 0 aromatic carbocycles. The first-order chi connectivity index (χ1) is 10.2. The van der Waals surface area contributed by atoms with Gasteiger partial charge in [-0.15, -0.1) is 0 Å². The van der Waals surface area contributed by atoms with E-state index in [1.54, 1.807) is 0 Å². The van der Waals surface area contributed by atoms with Crippen molar-refractivity contribution in [3.05, 3.63) is 54.6 Å². The maximum absolute atomic E-state index is 8.47. The van der Waals surface area contributed by atoms with Crippen LogP contribution in [-0.2, 0) is 13.1 Å². The predicted octanol–water partition coefficient (Wildman–Crippen LogP) is -4.77. The van der Waals surface area contributed by atoms with Gasteiger partial charge in [0.15, 0.2) is 37.9 Å². The molecule has 0 aliphatic heterocycles. The fourth-order valence-electron chi connectivity index (χ4n) is 2.10. The Balaban J connectivity index is 0.00000242. The van der Waals surface area contributed by atoms with Crippen molar-refractivity contribution in [3.8, 4) is 0 Å². The topological polar surface area (TPSA) is 43.6 Å². The van der Waals surface area contributed by atoms with Gasteiger partial charge in [0.25, 0.3) is 0 Å². The van der Waals surface area contributed by atoms with Gasteiger partial charge in [-0.05, 0) is 0 Å². The van der Waals surface area contributed by atoms with E-state index in [0.29, 0.717) is 0 Å². The number of pyridine rings is 2. The largest absolute Gasteiger partial charge is 1.00 e. The highest BCUT2D eigenvalue weighted by atomic mass is 79.9. The van der Waals surface area contributed by atoms with E-state index in [2.05, 4.69) is 43.7 Å². The zero-order valence-electron chi connectivity index (χ0n) is 13.3. The molecule has 126 valence electrons. The number of rotatable bonds is 6. The number of anilines is 1. The SMILES string of the molecule is CN(C)c1cc[n+](CCC[n+]2ccc(/C=N\O)cc2)cc1.[Br-].[Br-]. The molecule has 2 rings (SSSR count). The van der Waals surface area contributed by atoms with Crippen LogP contribution in [0.1, 0.15) is 12.0 Å². The van der Waals surface area contributed by atoms with Crippen molar-refractivity contribution in [1.29, 1.82) is 0 Å². The minimum absolute atomic E-state index is 0. The lowest BCUT2D eigenvalue weighted by Gasteiger charge is -2.10. The molecular formula is C16H22Br2N4O. The van der Waals surface area contributed by atoms with Crippen LogP contribution in [-0.4, -0.2) is 25.5 Å². The van der Waals surface area contributed by atoms with E-state index in [9.17, 15) is 0 Å². The molecule has 2 heterocycles. The quantitative estimate of drug-likeness (QED) is 0.210. The van der Waals surface area contributed by atoms with Crippen molar-refractivity contribution in [3.63, 3.8) is 0 Å². The van der Waals surface area contributed by atoms with Crippen LogP contribution < -0.4 is 48.0 Å². The van der Waals surface area contributed by atoms with Crippen molar-refractivity contribution in [2.45, 2.75) is 19.5 Å². The molecular weight excluding hydrogens is 424 g/mol. The van der Waals surface area contributed by atoms with E-state index >= 15 is 0 Å². The van der Waals surface area contributed by atoms with Gasteiger partial charge in [0.1, 0.15) is 0 Å². The molecule has 5 nitrogen and oxygen atoms in total. The maximum Gasteiger partial charge on any atom is 0.170 e. The Morgan fingerprint density at radius 3 is 1.87 bits per heavy atom. The molecule has 0 fully saturated rings. The average Bonchev–Trinajstić information content (AvgIpc) is 2.50. The summed E-state index contributed by atoms with van der Waals surface area (Å²) in [5.41, 5.74) is 2.10. The third-order valence-electron chi connectivity index (χ3n) is 3.35. The van der Waals surface area contributed by atoms with Gasteiger partial charge in [0, 0.05) is 49.6 Å². The number of hydrogen-bond acceptors (Lipinski definition) is 3. The van der Waals surface area contributed by atoms with Crippen molar-refractivity contribution in [2.24, 2.45) is 5.16 Å². The molecule has 0 aliphatic carbocycles. The number of halogens is 2. The Bertz CT molecular complexity index is 586. The summed E-state index contributed by atoms with van der Waals surface area (Å²) in [5.74, 6) is 0. The molecule has 0 unspecified atom stereocenters. The Labute approximate surface area is 158 Å². The second kappa shape index (κ2) is 11.1. The number of oxime groups is 1. The minimum atomic E-state index is 0. The van der Waals surface area contributed by atoms with Gasteiger partial charge >= 0.3 is 0 Å². The number of aryl methyl sites for hydroxylation is 2. The highest BCUT2D eigenvalue weighted by molar-refractivity contribution is 5.78. The molecule has 0 atom stereocenters. The van der Waals surface area contributed by atoms with Gasteiger partial charge in [0.2, 0.25) is 0 Å². The lowest BCUT2D eigenvalue weighted by atomic mass is 10.3. The summed E-state index contributed by atoms with van der Waals surface area (Å²) in [4.78, 5) is 2.09. The smallest absolute Gasteiger partial charge is 0.170 e. The lowest BCUT2D eigenvalue weighted by molar-refractivity contribution is -0.726. The molecule has 2 aromatic rings. The molecule has 0 aliphatic rings. The van der Waals surface area contributed by atoms with Gasteiger partial charge in [-0.1, -0.05) is 5.16 Å². The standard InChI is InChI=1S/C16H21N4O.2BrH/c1-18(2)16-6-12-20(13-7-16)9-3-8-19-10-4-15(5-11-19)14-17-21;;/h4-7,10-14H,3,8-9H2,1-2H3;2*1H/q+1;;/p-1. The summed E-state index contributed by atoms with van der Waals surface area (Å²) in [7, 11) is 4.09. The first kappa shape index (κ1) is 21.5. The second-order valence-electron chi connectivity index (χ2n) is 5.16. The summed E-state index contributed by atoms with van der Waals surface area (Å²) in [5, 5.41) is 11.5. The molecule has 1 N–H and O–H groups in total. The second-order valence-corrected chi connectivity index (χ2v) is 5.16. The molecule has 0 saturated carbocycles. The zero-order chi connectivity index (χ0) is 15.1. The highest BCUT2D eigenvalue weighted by Crippen LogP contribution is 2.05. The third kappa shape index (κ3) is 7.09. The van der Waals surface area contributed by atoms with Crippen molar-refractivity contribution in [2.75, 3.05) is 19.0 Å². The lowest BCUT2D eigenvalue weighted by Crippen LogP contribution is -3.00. The summed E-state index contributed by atoms with van der Waals surface area (Å²) in [6.07, 6.45) is 10.7. The van der Waals surface area contributed by atoms with E-state index in [1.165, 1.54) is 11.9 Å². The van der Waals surface area contributed by atoms with Crippen LogP contribution in [0.5, 0.6) is 0 Å². The van der Waals surface area contributed by atoms with Crippen LogP contribution in [0.4, 0.5) is 5.69 Å². The number of nitrogens with zero attached hydrogens (tertiary/aromatic N) is 4. The van der Waals surface area contributed by atoms with Gasteiger partial charge in [-0.3, -0.25) is 0 Å². The molecule has 7 heteroatoms.